The molecule has 0 spiro atoms. The first-order chi connectivity index (χ1) is 12.8. The van der Waals surface area contributed by atoms with Crippen molar-refractivity contribution in [3.63, 3.8) is 0 Å². The first kappa shape index (κ1) is 21.6. The predicted octanol–water partition coefficient (Wildman–Crippen LogP) is 5.59. The van der Waals surface area contributed by atoms with E-state index < -0.39 is 51.9 Å². The van der Waals surface area contributed by atoms with E-state index in [4.69, 9.17) is 9.47 Å². The average Bonchev–Trinajstić information content (AvgIpc) is 2.57. The van der Waals surface area contributed by atoms with E-state index in [-0.39, 0.29) is 11.1 Å². The minimum atomic E-state index is -4.82. The van der Waals surface area contributed by atoms with E-state index in [0.717, 1.165) is 38.5 Å². The van der Waals surface area contributed by atoms with Crippen LogP contribution in [0.2, 0.25) is 0 Å². The molecule has 0 atom stereocenters. The standard InChI is InChI=1S/C19H16F6O3/c1-9-5-7-11(16(27-3)13(9)18(20,21)22)15(26)12-8-6-10(2)14(17(12)28-4)19(23,24)25/h5-8H,1-4H3. The third kappa shape index (κ3) is 3.79. The van der Waals surface area contributed by atoms with Crippen LogP contribution in [-0.4, -0.2) is 20.0 Å². The van der Waals surface area contributed by atoms with Gasteiger partial charge in [0.15, 0.2) is 0 Å². The van der Waals surface area contributed by atoms with Crippen LogP contribution in [0.4, 0.5) is 26.3 Å². The minimum absolute atomic E-state index is 0.187. The van der Waals surface area contributed by atoms with Crippen molar-refractivity contribution in [1.82, 2.24) is 0 Å². The predicted molar refractivity (Wildman–Crippen MR) is 88.9 cm³/mol. The van der Waals surface area contributed by atoms with Gasteiger partial charge in [0.25, 0.3) is 0 Å². The highest BCUT2D eigenvalue weighted by Crippen LogP contribution is 2.44. The number of hydrogen-bond acceptors (Lipinski definition) is 3. The van der Waals surface area contributed by atoms with Crippen LogP contribution in [0, 0.1) is 13.8 Å². The number of benzene rings is 2. The largest absolute Gasteiger partial charge is 0.495 e. The Kier molecular flexibility index (Phi) is 5.68. The van der Waals surface area contributed by atoms with Crippen molar-refractivity contribution in [2.75, 3.05) is 14.2 Å². The molecular weight excluding hydrogens is 390 g/mol. The lowest BCUT2D eigenvalue weighted by Crippen LogP contribution is -2.16. The highest BCUT2D eigenvalue weighted by molar-refractivity contribution is 6.13. The van der Waals surface area contributed by atoms with Crippen molar-refractivity contribution in [3.8, 4) is 11.5 Å². The summed E-state index contributed by atoms with van der Waals surface area (Å²) >= 11 is 0. The number of alkyl halides is 6. The number of halogens is 6. The number of aryl methyl sites for hydroxylation is 2. The normalized spacial score (nSPS) is 12.1. The van der Waals surface area contributed by atoms with Crippen LogP contribution < -0.4 is 9.47 Å². The van der Waals surface area contributed by atoms with Crippen molar-refractivity contribution in [3.05, 3.63) is 57.6 Å². The monoisotopic (exact) mass is 406 g/mol. The lowest BCUT2D eigenvalue weighted by atomic mass is 9.93. The molecule has 152 valence electrons. The first-order valence-electron chi connectivity index (χ1n) is 7.88. The highest BCUT2D eigenvalue weighted by atomic mass is 19.4. The van der Waals surface area contributed by atoms with Gasteiger partial charge in [0.05, 0.1) is 25.3 Å². The molecule has 0 aliphatic rings. The molecular formula is C19H16F6O3. The molecule has 0 heterocycles. The van der Waals surface area contributed by atoms with Crippen molar-refractivity contribution < 1.29 is 40.6 Å². The topological polar surface area (TPSA) is 35.5 Å². The summed E-state index contributed by atoms with van der Waals surface area (Å²) in [6.45, 7) is 2.38. The number of carbonyl (C=O) groups is 1. The van der Waals surface area contributed by atoms with Gasteiger partial charge >= 0.3 is 12.4 Å². The van der Waals surface area contributed by atoms with Crippen molar-refractivity contribution in [2.45, 2.75) is 26.2 Å². The van der Waals surface area contributed by atoms with Gasteiger partial charge in [0.2, 0.25) is 5.78 Å². The second-order valence-electron chi connectivity index (χ2n) is 6.00. The Morgan fingerprint density at radius 3 is 1.29 bits per heavy atom. The van der Waals surface area contributed by atoms with Crippen LogP contribution >= 0.6 is 0 Å². The smallest absolute Gasteiger partial charge is 0.420 e. The number of ketones is 1. The molecule has 0 aliphatic heterocycles. The third-order valence-electron chi connectivity index (χ3n) is 4.20. The molecule has 0 fully saturated rings. The summed E-state index contributed by atoms with van der Waals surface area (Å²) in [5.74, 6) is -2.59. The summed E-state index contributed by atoms with van der Waals surface area (Å²) in [4.78, 5) is 12.9. The fourth-order valence-corrected chi connectivity index (χ4v) is 2.99. The Balaban J connectivity index is 2.79. The average molecular weight is 406 g/mol. The van der Waals surface area contributed by atoms with Gasteiger partial charge in [0.1, 0.15) is 22.6 Å². The van der Waals surface area contributed by atoms with Crippen LogP contribution in [0.1, 0.15) is 38.2 Å². The maximum Gasteiger partial charge on any atom is 0.420 e. The molecule has 28 heavy (non-hydrogen) atoms. The molecule has 2 rings (SSSR count). The number of rotatable bonds is 4. The Hall–Kier alpha value is -2.71. The quantitative estimate of drug-likeness (QED) is 0.491. The lowest BCUT2D eigenvalue weighted by molar-refractivity contribution is -0.140. The summed E-state index contributed by atoms with van der Waals surface area (Å²) in [7, 11) is 1.91. The van der Waals surface area contributed by atoms with Gasteiger partial charge in [-0.05, 0) is 37.1 Å². The van der Waals surface area contributed by atoms with Gasteiger partial charge in [-0.15, -0.1) is 0 Å². The zero-order valence-electron chi connectivity index (χ0n) is 15.3. The SMILES string of the molecule is COc1c(C(=O)c2ccc(C)c(C(F)(F)F)c2OC)ccc(C)c1C(F)(F)F. The van der Waals surface area contributed by atoms with Gasteiger partial charge in [-0.25, -0.2) is 0 Å². The Labute approximate surface area is 156 Å². The number of ether oxygens (including phenoxy) is 2. The van der Waals surface area contributed by atoms with Crippen LogP contribution in [0.15, 0.2) is 24.3 Å². The van der Waals surface area contributed by atoms with E-state index in [1.54, 1.807) is 0 Å². The van der Waals surface area contributed by atoms with Crippen LogP contribution in [0.25, 0.3) is 0 Å². The second kappa shape index (κ2) is 7.37. The maximum absolute atomic E-state index is 13.4. The van der Waals surface area contributed by atoms with E-state index in [1.807, 2.05) is 0 Å². The van der Waals surface area contributed by atoms with E-state index >= 15 is 0 Å². The Bertz CT molecular complexity index is 840. The van der Waals surface area contributed by atoms with E-state index in [9.17, 15) is 31.1 Å². The maximum atomic E-state index is 13.4. The van der Waals surface area contributed by atoms with Gasteiger partial charge in [0, 0.05) is 0 Å². The zero-order chi connectivity index (χ0) is 21.4. The van der Waals surface area contributed by atoms with E-state index in [2.05, 4.69) is 0 Å². The molecule has 0 saturated heterocycles. The fourth-order valence-electron chi connectivity index (χ4n) is 2.99. The summed E-state index contributed by atoms with van der Waals surface area (Å²) in [6.07, 6.45) is -9.64. The lowest BCUT2D eigenvalue weighted by Gasteiger charge is -2.20. The molecule has 0 N–H and O–H groups in total. The van der Waals surface area contributed by atoms with Crippen LogP contribution in [-0.2, 0) is 12.4 Å². The molecule has 0 aliphatic carbocycles. The van der Waals surface area contributed by atoms with Crippen LogP contribution in [0.5, 0.6) is 11.5 Å². The molecule has 0 saturated carbocycles. The molecule has 0 unspecified atom stereocenters. The highest BCUT2D eigenvalue weighted by Gasteiger charge is 2.40. The van der Waals surface area contributed by atoms with Gasteiger partial charge < -0.3 is 9.47 Å². The molecule has 9 heteroatoms. The fraction of sp³-hybridized carbons (Fsp3) is 0.316. The number of carbonyl (C=O) groups excluding carboxylic acids is 1. The Morgan fingerprint density at radius 1 is 0.714 bits per heavy atom. The summed E-state index contributed by atoms with van der Waals surface area (Å²) in [6, 6.07) is 4.28. The molecule has 2 aromatic carbocycles. The van der Waals surface area contributed by atoms with Crippen molar-refractivity contribution >= 4 is 5.78 Å². The molecule has 0 bridgehead atoms. The Morgan fingerprint density at radius 2 is 1.04 bits per heavy atom. The third-order valence-corrected chi connectivity index (χ3v) is 4.20. The number of hydrogen-bond donors (Lipinski definition) is 0. The van der Waals surface area contributed by atoms with Gasteiger partial charge in [-0.1, -0.05) is 12.1 Å². The number of methoxy groups -OCH3 is 2. The van der Waals surface area contributed by atoms with Gasteiger partial charge in [-0.3, -0.25) is 4.79 Å². The summed E-state index contributed by atoms with van der Waals surface area (Å²) in [5.41, 5.74) is -3.74. The van der Waals surface area contributed by atoms with Crippen molar-refractivity contribution in [1.29, 1.82) is 0 Å². The first-order valence-corrected chi connectivity index (χ1v) is 7.88. The summed E-state index contributed by atoms with van der Waals surface area (Å²) in [5, 5.41) is 0. The second-order valence-corrected chi connectivity index (χ2v) is 6.00. The van der Waals surface area contributed by atoms with Crippen LogP contribution in [0.3, 0.4) is 0 Å². The summed E-state index contributed by atoms with van der Waals surface area (Å²) < 4.78 is 90.0. The minimum Gasteiger partial charge on any atom is -0.495 e. The molecule has 2 aromatic rings. The zero-order valence-corrected chi connectivity index (χ0v) is 15.3. The van der Waals surface area contributed by atoms with E-state index in [1.165, 1.54) is 13.8 Å². The van der Waals surface area contributed by atoms with Gasteiger partial charge in [-0.2, -0.15) is 26.3 Å². The molecule has 0 aromatic heterocycles. The van der Waals surface area contributed by atoms with E-state index in [0.29, 0.717) is 0 Å². The molecule has 0 radical (unpaired) electrons. The molecule has 0 amide bonds. The van der Waals surface area contributed by atoms with Crippen molar-refractivity contribution in [2.24, 2.45) is 0 Å². The molecule has 3 nitrogen and oxygen atoms in total.